The third-order valence-corrected chi connectivity index (χ3v) is 4.77. The molecule has 1 aliphatic rings. The zero-order chi connectivity index (χ0) is 10.9. The van der Waals surface area contributed by atoms with Crippen LogP contribution < -0.4 is 5.32 Å². The van der Waals surface area contributed by atoms with Gasteiger partial charge in [-0.25, -0.2) is 0 Å². The first-order valence-electron chi connectivity index (χ1n) is 6.71. The SMILES string of the molecule is CCCCC(CSC1CCCC1)NCC. The Morgan fingerprint density at radius 1 is 1.27 bits per heavy atom. The standard InChI is InChI=1S/C13H27NS/c1-3-5-8-12(14-4-2)11-15-13-9-6-7-10-13/h12-14H,3-11H2,1-2H3. The molecule has 0 aromatic rings. The summed E-state index contributed by atoms with van der Waals surface area (Å²) in [6.45, 7) is 5.63. The second-order valence-corrected chi connectivity index (χ2v) is 5.97. The predicted octanol–water partition coefficient (Wildman–Crippen LogP) is 3.83. The van der Waals surface area contributed by atoms with Crippen molar-refractivity contribution in [1.82, 2.24) is 5.32 Å². The highest BCUT2D eigenvalue weighted by Gasteiger charge is 2.17. The van der Waals surface area contributed by atoms with Crippen LogP contribution in [0.15, 0.2) is 0 Å². The Kier molecular flexibility index (Phi) is 7.54. The molecule has 1 atom stereocenters. The van der Waals surface area contributed by atoms with E-state index in [4.69, 9.17) is 0 Å². The van der Waals surface area contributed by atoms with Crippen LogP contribution in [-0.2, 0) is 0 Å². The van der Waals surface area contributed by atoms with Crippen molar-refractivity contribution in [1.29, 1.82) is 0 Å². The average molecular weight is 229 g/mol. The lowest BCUT2D eigenvalue weighted by atomic mass is 10.1. The predicted molar refractivity (Wildman–Crippen MR) is 71.7 cm³/mol. The summed E-state index contributed by atoms with van der Waals surface area (Å²) in [4.78, 5) is 0. The van der Waals surface area contributed by atoms with Crippen LogP contribution in [0.3, 0.4) is 0 Å². The first-order chi connectivity index (χ1) is 7.36. The van der Waals surface area contributed by atoms with Crippen molar-refractivity contribution in [2.45, 2.75) is 70.1 Å². The van der Waals surface area contributed by atoms with Gasteiger partial charge in [0.05, 0.1) is 0 Å². The van der Waals surface area contributed by atoms with Gasteiger partial charge in [0, 0.05) is 17.0 Å². The summed E-state index contributed by atoms with van der Waals surface area (Å²) in [5.41, 5.74) is 0. The lowest BCUT2D eigenvalue weighted by Gasteiger charge is -2.19. The van der Waals surface area contributed by atoms with E-state index in [1.54, 1.807) is 0 Å². The number of unbranched alkanes of at least 4 members (excludes halogenated alkanes) is 1. The Morgan fingerprint density at radius 3 is 2.60 bits per heavy atom. The van der Waals surface area contributed by atoms with Crippen molar-refractivity contribution in [3.63, 3.8) is 0 Å². The number of hydrogen-bond acceptors (Lipinski definition) is 2. The van der Waals surface area contributed by atoms with E-state index in [1.807, 2.05) is 0 Å². The fraction of sp³-hybridized carbons (Fsp3) is 1.00. The Morgan fingerprint density at radius 2 is 2.00 bits per heavy atom. The molecule has 1 saturated carbocycles. The second-order valence-electron chi connectivity index (χ2n) is 4.64. The zero-order valence-corrected chi connectivity index (χ0v) is 11.2. The third kappa shape index (κ3) is 5.82. The van der Waals surface area contributed by atoms with E-state index in [0.717, 1.165) is 17.8 Å². The zero-order valence-electron chi connectivity index (χ0n) is 10.4. The maximum atomic E-state index is 3.62. The Labute approximate surface area is 99.8 Å². The van der Waals surface area contributed by atoms with Crippen molar-refractivity contribution < 1.29 is 0 Å². The number of nitrogens with one attached hydrogen (secondary N) is 1. The molecule has 15 heavy (non-hydrogen) atoms. The van der Waals surface area contributed by atoms with Gasteiger partial charge in [0.1, 0.15) is 0 Å². The second kappa shape index (κ2) is 8.46. The smallest absolute Gasteiger partial charge is 0.0158 e. The molecule has 0 aliphatic heterocycles. The first kappa shape index (κ1) is 13.4. The highest BCUT2D eigenvalue weighted by Crippen LogP contribution is 2.30. The molecule has 2 heteroatoms. The summed E-state index contributed by atoms with van der Waals surface area (Å²) < 4.78 is 0. The van der Waals surface area contributed by atoms with Gasteiger partial charge in [0.25, 0.3) is 0 Å². The number of thioether (sulfide) groups is 1. The monoisotopic (exact) mass is 229 g/mol. The molecule has 0 bridgehead atoms. The van der Waals surface area contributed by atoms with Gasteiger partial charge in [0.15, 0.2) is 0 Å². The van der Waals surface area contributed by atoms with Gasteiger partial charge in [-0.15, -0.1) is 0 Å². The Balaban J connectivity index is 2.11. The molecule has 1 aliphatic carbocycles. The summed E-state index contributed by atoms with van der Waals surface area (Å²) in [6, 6.07) is 0.764. The first-order valence-corrected chi connectivity index (χ1v) is 7.76. The minimum atomic E-state index is 0.764. The molecule has 0 amide bonds. The molecule has 90 valence electrons. The molecule has 0 radical (unpaired) electrons. The van der Waals surface area contributed by atoms with Gasteiger partial charge in [-0.1, -0.05) is 39.5 Å². The van der Waals surface area contributed by atoms with Crippen molar-refractivity contribution in [3.05, 3.63) is 0 Å². The highest BCUT2D eigenvalue weighted by atomic mass is 32.2. The summed E-state index contributed by atoms with van der Waals surface area (Å²) in [5, 5.41) is 4.60. The van der Waals surface area contributed by atoms with Crippen molar-refractivity contribution in [2.24, 2.45) is 0 Å². The molecular formula is C13H27NS. The van der Waals surface area contributed by atoms with E-state index in [1.165, 1.54) is 50.7 Å². The van der Waals surface area contributed by atoms with Crippen LogP contribution in [-0.4, -0.2) is 23.6 Å². The molecular weight excluding hydrogens is 202 g/mol. The van der Waals surface area contributed by atoms with Crippen LogP contribution in [0.2, 0.25) is 0 Å². The molecule has 0 aromatic carbocycles. The van der Waals surface area contributed by atoms with Gasteiger partial charge < -0.3 is 5.32 Å². The fourth-order valence-corrected chi connectivity index (χ4v) is 3.75. The molecule has 0 saturated heterocycles. The number of hydrogen-bond donors (Lipinski definition) is 1. The lowest BCUT2D eigenvalue weighted by Crippen LogP contribution is -2.31. The van der Waals surface area contributed by atoms with Gasteiger partial charge in [-0.3, -0.25) is 0 Å². The molecule has 0 heterocycles. The van der Waals surface area contributed by atoms with Gasteiger partial charge in [-0.2, -0.15) is 11.8 Å². The molecule has 1 nitrogen and oxygen atoms in total. The third-order valence-electron chi connectivity index (χ3n) is 3.23. The van der Waals surface area contributed by atoms with Crippen LogP contribution in [0.5, 0.6) is 0 Å². The van der Waals surface area contributed by atoms with Gasteiger partial charge in [0.2, 0.25) is 0 Å². The Bertz CT molecular complexity index is 143. The van der Waals surface area contributed by atoms with Crippen LogP contribution in [0.4, 0.5) is 0 Å². The maximum Gasteiger partial charge on any atom is 0.0158 e. The highest BCUT2D eigenvalue weighted by molar-refractivity contribution is 7.99. The molecule has 1 fully saturated rings. The van der Waals surface area contributed by atoms with Crippen LogP contribution in [0, 0.1) is 0 Å². The van der Waals surface area contributed by atoms with E-state index in [2.05, 4.69) is 30.9 Å². The average Bonchev–Trinajstić information content (AvgIpc) is 2.75. The fourth-order valence-electron chi connectivity index (χ4n) is 2.29. The van der Waals surface area contributed by atoms with E-state index in [0.29, 0.717) is 0 Å². The van der Waals surface area contributed by atoms with E-state index < -0.39 is 0 Å². The summed E-state index contributed by atoms with van der Waals surface area (Å²) in [5.74, 6) is 1.33. The molecule has 1 N–H and O–H groups in total. The van der Waals surface area contributed by atoms with Crippen molar-refractivity contribution >= 4 is 11.8 Å². The normalized spacial score (nSPS) is 19.6. The molecule has 0 spiro atoms. The van der Waals surface area contributed by atoms with Gasteiger partial charge in [-0.05, 0) is 25.8 Å². The molecule has 1 unspecified atom stereocenters. The molecule has 1 rings (SSSR count). The summed E-state index contributed by atoms with van der Waals surface area (Å²) >= 11 is 2.22. The van der Waals surface area contributed by atoms with Crippen molar-refractivity contribution in [3.8, 4) is 0 Å². The quantitative estimate of drug-likeness (QED) is 0.679. The van der Waals surface area contributed by atoms with E-state index in [9.17, 15) is 0 Å². The number of rotatable bonds is 8. The lowest BCUT2D eigenvalue weighted by molar-refractivity contribution is 0.515. The molecule has 0 aromatic heterocycles. The minimum absolute atomic E-state index is 0.764. The minimum Gasteiger partial charge on any atom is -0.313 e. The van der Waals surface area contributed by atoms with Gasteiger partial charge >= 0.3 is 0 Å². The van der Waals surface area contributed by atoms with Crippen LogP contribution in [0.25, 0.3) is 0 Å². The summed E-state index contributed by atoms with van der Waals surface area (Å²) in [7, 11) is 0. The van der Waals surface area contributed by atoms with E-state index in [-0.39, 0.29) is 0 Å². The van der Waals surface area contributed by atoms with E-state index >= 15 is 0 Å². The van der Waals surface area contributed by atoms with Crippen LogP contribution >= 0.6 is 11.8 Å². The maximum absolute atomic E-state index is 3.62. The Hall–Kier alpha value is 0.310. The topological polar surface area (TPSA) is 12.0 Å². The summed E-state index contributed by atoms with van der Waals surface area (Å²) in [6.07, 6.45) is 9.95. The largest absolute Gasteiger partial charge is 0.313 e. The van der Waals surface area contributed by atoms with Crippen LogP contribution in [0.1, 0.15) is 58.8 Å². The van der Waals surface area contributed by atoms with Crippen molar-refractivity contribution in [2.75, 3.05) is 12.3 Å².